The molecule has 1 saturated heterocycles. The summed E-state index contributed by atoms with van der Waals surface area (Å²) in [5, 5.41) is 2.74. The van der Waals surface area contributed by atoms with Crippen molar-refractivity contribution in [2.24, 2.45) is 0 Å². The third-order valence-corrected chi connectivity index (χ3v) is 4.54. The minimum absolute atomic E-state index is 0.0621. The second-order valence-corrected chi connectivity index (χ2v) is 6.52. The third-order valence-electron chi connectivity index (χ3n) is 4.54. The monoisotopic (exact) mass is 391 g/mol. The Kier molecular flexibility index (Phi) is 8.90. The molecular formula is C20H29N3O5. The maximum atomic E-state index is 12.3. The Morgan fingerprint density at radius 2 is 1.89 bits per heavy atom. The van der Waals surface area contributed by atoms with Gasteiger partial charge in [0.1, 0.15) is 0 Å². The fourth-order valence-electron chi connectivity index (χ4n) is 2.94. The van der Waals surface area contributed by atoms with Crippen molar-refractivity contribution in [1.29, 1.82) is 0 Å². The predicted octanol–water partition coefficient (Wildman–Crippen LogP) is 1.37. The van der Waals surface area contributed by atoms with Crippen LogP contribution in [0.2, 0.25) is 0 Å². The minimum atomic E-state index is -0.478. The summed E-state index contributed by atoms with van der Waals surface area (Å²) in [6, 6.07) is 6.72. The Bertz CT molecular complexity index is 674. The average molecular weight is 391 g/mol. The lowest BCUT2D eigenvalue weighted by Gasteiger charge is -2.29. The van der Waals surface area contributed by atoms with Crippen molar-refractivity contribution >= 4 is 23.5 Å². The zero-order valence-corrected chi connectivity index (χ0v) is 16.6. The Balaban J connectivity index is 1.86. The molecule has 0 radical (unpaired) electrons. The standard InChI is InChI=1S/C20H29N3O5/c1-3-28-20(26)17-6-4-5-7-18(17)21-19(25)8-9-23(16(2)24)11-10-22-12-14-27-15-13-22/h4-7H,3,8-15H2,1-2H3,(H,21,25). The van der Waals surface area contributed by atoms with Gasteiger partial charge < -0.3 is 19.7 Å². The molecule has 1 aromatic carbocycles. The minimum Gasteiger partial charge on any atom is -0.462 e. The molecule has 0 aromatic heterocycles. The number of amides is 2. The molecule has 1 aliphatic heterocycles. The van der Waals surface area contributed by atoms with Gasteiger partial charge in [0.25, 0.3) is 0 Å². The van der Waals surface area contributed by atoms with Crippen LogP contribution in [0.4, 0.5) is 5.69 Å². The molecule has 1 aliphatic rings. The molecule has 154 valence electrons. The van der Waals surface area contributed by atoms with Crippen LogP contribution in [0, 0.1) is 0 Å². The topological polar surface area (TPSA) is 88.2 Å². The number of hydrogen-bond acceptors (Lipinski definition) is 6. The van der Waals surface area contributed by atoms with E-state index in [-0.39, 0.29) is 24.8 Å². The van der Waals surface area contributed by atoms with E-state index >= 15 is 0 Å². The summed E-state index contributed by atoms with van der Waals surface area (Å²) in [6.45, 7) is 8.29. The molecule has 0 saturated carbocycles. The molecule has 1 fully saturated rings. The van der Waals surface area contributed by atoms with E-state index in [1.54, 1.807) is 36.1 Å². The summed E-state index contributed by atoms with van der Waals surface area (Å²) in [4.78, 5) is 40.2. The Hall–Kier alpha value is -2.45. The fraction of sp³-hybridized carbons (Fsp3) is 0.550. The highest BCUT2D eigenvalue weighted by atomic mass is 16.5. The molecule has 0 unspecified atom stereocenters. The van der Waals surface area contributed by atoms with Gasteiger partial charge in [-0.25, -0.2) is 4.79 Å². The van der Waals surface area contributed by atoms with Crippen LogP contribution in [0.5, 0.6) is 0 Å². The normalized spacial score (nSPS) is 14.4. The summed E-state index contributed by atoms with van der Waals surface area (Å²) >= 11 is 0. The molecule has 8 heteroatoms. The maximum Gasteiger partial charge on any atom is 0.340 e. The third kappa shape index (κ3) is 6.94. The predicted molar refractivity (Wildman–Crippen MR) is 105 cm³/mol. The van der Waals surface area contributed by atoms with Crippen LogP contribution >= 0.6 is 0 Å². The average Bonchev–Trinajstić information content (AvgIpc) is 2.69. The largest absolute Gasteiger partial charge is 0.462 e. The lowest BCUT2D eigenvalue weighted by Crippen LogP contribution is -2.43. The highest BCUT2D eigenvalue weighted by molar-refractivity contribution is 6.01. The summed E-state index contributed by atoms with van der Waals surface area (Å²) in [5.41, 5.74) is 0.724. The van der Waals surface area contributed by atoms with E-state index in [0.29, 0.717) is 37.6 Å². The quantitative estimate of drug-likeness (QED) is 0.640. The van der Waals surface area contributed by atoms with E-state index in [0.717, 1.165) is 19.6 Å². The Morgan fingerprint density at radius 3 is 2.57 bits per heavy atom. The summed E-state index contributed by atoms with van der Waals surface area (Å²) in [6.07, 6.45) is 0.153. The number of ether oxygens (including phenoxy) is 2. The molecule has 0 bridgehead atoms. The Labute approximate surface area is 165 Å². The number of para-hydroxylation sites is 1. The van der Waals surface area contributed by atoms with Crippen molar-refractivity contribution < 1.29 is 23.9 Å². The summed E-state index contributed by atoms with van der Waals surface area (Å²) in [7, 11) is 0. The first-order valence-electron chi connectivity index (χ1n) is 9.63. The van der Waals surface area contributed by atoms with Crippen LogP contribution in [0.3, 0.4) is 0 Å². The number of nitrogens with one attached hydrogen (secondary N) is 1. The van der Waals surface area contributed by atoms with Gasteiger partial charge in [-0.05, 0) is 19.1 Å². The van der Waals surface area contributed by atoms with Crippen molar-refractivity contribution in [3.8, 4) is 0 Å². The van der Waals surface area contributed by atoms with Crippen LogP contribution in [0.1, 0.15) is 30.6 Å². The molecule has 1 aromatic rings. The molecule has 0 atom stereocenters. The van der Waals surface area contributed by atoms with E-state index in [4.69, 9.17) is 9.47 Å². The van der Waals surface area contributed by atoms with Crippen molar-refractivity contribution in [1.82, 2.24) is 9.80 Å². The highest BCUT2D eigenvalue weighted by Gasteiger charge is 2.17. The number of carbonyl (C=O) groups excluding carboxylic acids is 3. The number of benzene rings is 1. The molecule has 2 rings (SSSR count). The summed E-state index contributed by atoms with van der Waals surface area (Å²) in [5.74, 6) is -0.795. The van der Waals surface area contributed by atoms with Gasteiger partial charge in [-0.2, -0.15) is 0 Å². The lowest BCUT2D eigenvalue weighted by atomic mass is 10.1. The first kappa shape index (κ1) is 21.8. The maximum absolute atomic E-state index is 12.3. The first-order valence-corrected chi connectivity index (χ1v) is 9.63. The van der Waals surface area contributed by atoms with Crippen LogP contribution in [0.25, 0.3) is 0 Å². The van der Waals surface area contributed by atoms with Gasteiger partial charge in [0, 0.05) is 46.1 Å². The fourth-order valence-corrected chi connectivity index (χ4v) is 2.94. The Morgan fingerprint density at radius 1 is 1.18 bits per heavy atom. The van der Waals surface area contributed by atoms with Crippen LogP contribution < -0.4 is 5.32 Å². The molecule has 0 spiro atoms. The van der Waals surface area contributed by atoms with Crippen molar-refractivity contribution in [2.75, 3.05) is 57.9 Å². The van der Waals surface area contributed by atoms with Crippen molar-refractivity contribution in [3.63, 3.8) is 0 Å². The molecule has 0 aliphatic carbocycles. The highest BCUT2D eigenvalue weighted by Crippen LogP contribution is 2.16. The van der Waals surface area contributed by atoms with Crippen LogP contribution in [-0.2, 0) is 19.1 Å². The number of hydrogen-bond donors (Lipinski definition) is 1. The summed E-state index contributed by atoms with van der Waals surface area (Å²) < 4.78 is 10.3. The lowest BCUT2D eigenvalue weighted by molar-refractivity contribution is -0.129. The number of nitrogens with zero attached hydrogens (tertiary/aromatic N) is 2. The zero-order valence-electron chi connectivity index (χ0n) is 16.6. The molecular weight excluding hydrogens is 362 g/mol. The molecule has 28 heavy (non-hydrogen) atoms. The van der Waals surface area contributed by atoms with E-state index in [9.17, 15) is 14.4 Å². The van der Waals surface area contributed by atoms with Crippen molar-refractivity contribution in [3.05, 3.63) is 29.8 Å². The molecule has 1 heterocycles. The number of rotatable bonds is 9. The van der Waals surface area contributed by atoms with E-state index < -0.39 is 5.97 Å². The van der Waals surface area contributed by atoms with E-state index in [1.807, 2.05) is 0 Å². The van der Waals surface area contributed by atoms with Gasteiger partial charge in [-0.1, -0.05) is 12.1 Å². The SMILES string of the molecule is CCOC(=O)c1ccccc1NC(=O)CCN(CCN1CCOCC1)C(C)=O. The van der Waals surface area contributed by atoms with Gasteiger partial charge >= 0.3 is 5.97 Å². The van der Waals surface area contributed by atoms with Gasteiger partial charge in [0.05, 0.1) is 31.1 Å². The van der Waals surface area contributed by atoms with Crippen LogP contribution in [0.15, 0.2) is 24.3 Å². The first-order chi connectivity index (χ1) is 13.5. The number of esters is 1. The second-order valence-electron chi connectivity index (χ2n) is 6.52. The van der Waals surface area contributed by atoms with Gasteiger partial charge in [0.2, 0.25) is 11.8 Å². The van der Waals surface area contributed by atoms with E-state index in [1.165, 1.54) is 6.92 Å². The number of anilines is 1. The molecule has 1 N–H and O–H groups in total. The van der Waals surface area contributed by atoms with Crippen LogP contribution in [-0.4, -0.2) is 80.1 Å². The van der Waals surface area contributed by atoms with E-state index in [2.05, 4.69) is 10.2 Å². The van der Waals surface area contributed by atoms with Gasteiger partial charge in [0.15, 0.2) is 0 Å². The van der Waals surface area contributed by atoms with Gasteiger partial charge in [-0.3, -0.25) is 14.5 Å². The number of carbonyl (C=O) groups is 3. The number of morpholine rings is 1. The van der Waals surface area contributed by atoms with Gasteiger partial charge in [-0.15, -0.1) is 0 Å². The van der Waals surface area contributed by atoms with Crippen molar-refractivity contribution in [2.45, 2.75) is 20.3 Å². The molecule has 8 nitrogen and oxygen atoms in total. The molecule has 2 amide bonds. The zero-order chi connectivity index (χ0) is 20.4. The second kappa shape index (κ2) is 11.4. The smallest absolute Gasteiger partial charge is 0.340 e.